The van der Waals surface area contributed by atoms with Gasteiger partial charge in [0.25, 0.3) is 0 Å². The lowest BCUT2D eigenvalue weighted by Gasteiger charge is -2.31. The molecule has 1 heterocycles. The third-order valence-electron chi connectivity index (χ3n) is 5.31. The molecular formula is C25H35NSi2. The summed E-state index contributed by atoms with van der Waals surface area (Å²) < 4.78 is 2.36. The maximum absolute atomic E-state index is 2.51. The van der Waals surface area contributed by atoms with E-state index < -0.39 is 16.1 Å². The van der Waals surface area contributed by atoms with Gasteiger partial charge in [-0.05, 0) is 41.8 Å². The van der Waals surface area contributed by atoms with E-state index in [-0.39, 0.29) is 0 Å². The van der Waals surface area contributed by atoms with Gasteiger partial charge in [0, 0.05) is 31.7 Å². The van der Waals surface area contributed by atoms with Crippen LogP contribution in [0.15, 0.2) is 67.0 Å². The molecule has 1 nitrogen and oxygen atoms in total. The molecule has 1 aromatic heterocycles. The van der Waals surface area contributed by atoms with E-state index >= 15 is 0 Å². The first-order chi connectivity index (χ1) is 13.0. The van der Waals surface area contributed by atoms with Gasteiger partial charge in [-0.2, -0.15) is 0 Å². The molecule has 1 unspecified atom stereocenters. The fourth-order valence-corrected chi connectivity index (χ4v) is 7.97. The van der Waals surface area contributed by atoms with E-state index in [0.29, 0.717) is 5.54 Å². The Morgan fingerprint density at radius 1 is 0.786 bits per heavy atom. The molecule has 0 radical (unpaired) electrons. The molecule has 0 saturated carbocycles. The fourth-order valence-electron chi connectivity index (χ4n) is 4.15. The van der Waals surface area contributed by atoms with Crippen LogP contribution in [0.2, 0.25) is 39.3 Å². The van der Waals surface area contributed by atoms with Crippen molar-refractivity contribution in [1.29, 1.82) is 0 Å². The van der Waals surface area contributed by atoms with Crippen LogP contribution in [0.3, 0.4) is 0 Å². The third kappa shape index (κ3) is 4.95. The fraction of sp³-hybridized carbons (Fsp3) is 0.360. The Kier molecular flexibility index (Phi) is 5.88. The van der Waals surface area contributed by atoms with Crippen molar-refractivity contribution in [2.45, 2.75) is 57.8 Å². The highest BCUT2D eigenvalue weighted by molar-refractivity contribution is 6.78. The van der Waals surface area contributed by atoms with Crippen molar-refractivity contribution in [3.63, 3.8) is 0 Å². The molecule has 0 bridgehead atoms. The Labute approximate surface area is 173 Å². The number of aromatic nitrogens is 1. The third-order valence-corrected chi connectivity index (χ3v) is 9.12. The summed E-state index contributed by atoms with van der Waals surface area (Å²) in [5.74, 6) is 0. The molecule has 0 fully saturated rings. The van der Waals surface area contributed by atoms with E-state index in [1.54, 1.807) is 11.1 Å². The van der Waals surface area contributed by atoms with Gasteiger partial charge < -0.3 is 4.57 Å². The quantitative estimate of drug-likeness (QED) is 0.382. The SMILES string of the molecule is Cc1ccc(-n2cc(C[Si](C)(C)C)c(C(c3ccccc3)[Si](C)(C)C)c2)cc1. The Bertz CT molecular complexity index is 910. The highest BCUT2D eigenvalue weighted by atomic mass is 28.3. The summed E-state index contributed by atoms with van der Waals surface area (Å²) in [6, 6.07) is 21.3. The highest BCUT2D eigenvalue weighted by Gasteiger charge is 2.33. The maximum Gasteiger partial charge on any atom is 0.0574 e. The van der Waals surface area contributed by atoms with Crippen molar-refractivity contribution in [3.05, 3.63) is 89.2 Å². The molecule has 2 aromatic carbocycles. The summed E-state index contributed by atoms with van der Waals surface area (Å²) in [5.41, 5.74) is 7.66. The zero-order valence-electron chi connectivity index (χ0n) is 18.6. The Hall–Kier alpha value is -1.85. The van der Waals surface area contributed by atoms with Gasteiger partial charge in [0.05, 0.1) is 8.07 Å². The minimum Gasteiger partial charge on any atom is -0.323 e. The molecule has 0 spiro atoms. The summed E-state index contributed by atoms with van der Waals surface area (Å²) >= 11 is 0. The van der Waals surface area contributed by atoms with E-state index in [2.05, 4.69) is 118 Å². The molecule has 3 aromatic rings. The van der Waals surface area contributed by atoms with Crippen LogP contribution in [0.25, 0.3) is 5.69 Å². The Balaban J connectivity index is 2.17. The van der Waals surface area contributed by atoms with Crippen molar-refractivity contribution in [2.24, 2.45) is 0 Å². The van der Waals surface area contributed by atoms with Gasteiger partial charge in [-0.1, -0.05) is 87.3 Å². The smallest absolute Gasteiger partial charge is 0.0574 e. The molecule has 0 aliphatic carbocycles. The van der Waals surface area contributed by atoms with Gasteiger partial charge in [0.1, 0.15) is 0 Å². The van der Waals surface area contributed by atoms with Crippen LogP contribution in [0.5, 0.6) is 0 Å². The molecule has 148 valence electrons. The van der Waals surface area contributed by atoms with Crippen LogP contribution < -0.4 is 0 Å². The number of rotatable bonds is 6. The van der Waals surface area contributed by atoms with Gasteiger partial charge in [0.15, 0.2) is 0 Å². The second kappa shape index (κ2) is 7.88. The first-order valence-corrected chi connectivity index (χ1v) is 17.7. The summed E-state index contributed by atoms with van der Waals surface area (Å²) in [5, 5.41) is 0. The molecule has 0 aliphatic rings. The largest absolute Gasteiger partial charge is 0.323 e. The number of aryl methyl sites for hydroxylation is 1. The van der Waals surface area contributed by atoms with Gasteiger partial charge in [-0.25, -0.2) is 0 Å². The van der Waals surface area contributed by atoms with Crippen molar-refractivity contribution < 1.29 is 0 Å². The zero-order valence-corrected chi connectivity index (χ0v) is 20.6. The van der Waals surface area contributed by atoms with Crippen LogP contribution in [0.4, 0.5) is 0 Å². The average molecular weight is 406 g/mol. The van der Waals surface area contributed by atoms with Crippen LogP contribution in [-0.4, -0.2) is 20.7 Å². The van der Waals surface area contributed by atoms with E-state index in [9.17, 15) is 0 Å². The molecule has 0 amide bonds. The number of nitrogens with zero attached hydrogens (tertiary/aromatic N) is 1. The lowest BCUT2D eigenvalue weighted by Crippen LogP contribution is -2.33. The first kappa shape index (κ1) is 20.9. The molecule has 3 heteroatoms. The Morgan fingerprint density at radius 2 is 1.39 bits per heavy atom. The van der Waals surface area contributed by atoms with Crippen molar-refractivity contribution >= 4 is 16.1 Å². The summed E-state index contributed by atoms with van der Waals surface area (Å²) in [4.78, 5) is 0. The van der Waals surface area contributed by atoms with Crippen LogP contribution in [-0.2, 0) is 6.04 Å². The van der Waals surface area contributed by atoms with Gasteiger partial charge in [0.2, 0.25) is 0 Å². The normalized spacial score (nSPS) is 13.5. The molecular weight excluding hydrogens is 370 g/mol. The highest BCUT2D eigenvalue weighted by Crippen LogP contribution is 2.37. The predicted octanol–water partition coefficient (Wildman–Crippen LogP) is 7.21. The van der Waals surface area contributed by atoms with Gasteiger partial charge >= 0.3 is 0 Å². The van der Waals surface area contributed by atoms with Crippen molar-refractivity contribution in [3.8, 4) is 5.69 Å². The topological polar surface area (TPSA) is 4.93 Å². The standard InChI is InChI=1S/C25H35NSi2/c1-20-13-15-23(16-14-20)26-17-22(19-27(2,3)4)24(18-26)25(28(5,6)7)21-11-9-8-10-12-21/h8-18,25H,19H2,1-7H3. The lowest BCUT2D eigenvalue weighted by atomic mass is 10.0. The number of hydrogen-bond donors (Lipinski definition) is 0. The molecule has 1 atom stereocenters. The number of hydrogen-bond acceptors (Lipinski definition) is 0. The van der Waals surface area contributed by atoms with Crippen LogP contribution in [0, 0.1) is 6.92 Å². The summed E-state index contributed by atoms with van der Waals surface area (Å²) in [6.45, 7) is 17.1. The molecule has 28 heavy (non-hydrogen) atoms. The molecule has 3 rings (SSSR count). The summed E-state index contributed by atoms with van der Waals surface area (Å²) in [7, 11) is -2.70. The lowest BCUT2D eigenvalue weighted by molar-refractivity contribution is 1.03. The van der Waals surface area contributed by atoms with E-state index in [4.69, 9.17) is 0 Å². The number of benzene rings is 2. The van der Waals surface area contributed by atoms with E-state index in [1.165, 1.54) is 22.9 Å². The first-order valence-electron chi connectivity index (χ1n) is 10.4. The molecule has 0 N–H and O–H groups in total. The molecule has 0 saturated heterocycles. The Morgan fingerprint density at radius 3 is 1.93 bits per heavy atom. The maximum atomic E-state index is 2.51. The average Bonchev–Trinajstić information content (AvgIpc) is 2.97. The van der Waals surface area contributed by atoms with Crippen molar-refractivity contribution in [2.75, 3.05) is 0 Å². The van der Waals surface area contributed by atoms with Crippen molar-refractivity contribution in [1.82, 2.24) is 4.57 Å². The van der Waals surface area contributed by atoms with Crippen LogP contribution >= 0.6 is 0 Å². The van der Waals surface area contributed by atoms with Gasteiger partial charge in [-0.3, -0.25) is 0 Å². The second-order valence-electron chi connectivity index (χ2n) is 10.4. The van der Waals surface area contributed by atoms with Crippen LogP contribution in [0.1, 0.15) is 27.8 Å². The van der Waals surface area contributed by atoms with Gasteiger partial charge in [-0.15, -0.1) is 0 Å². The summed E-state index contributed by atoms with van der Waals surface area (Å²) in [6.07, 6.45) is 4.84. The molecule has 0 aliphatic heterocycles. The van der Waals surface area contributed by atoms with E-state index in [1.807, 2.05) is 0 Å². The second-order valence-corrected chi connectivity index (χ2v) is 21.2. The minimum atomic E-state index is -1.47. The van der Waals surface area contributed by atoms with E-state index in [0.717, 1.165) is 0 Å². The zero-order chi connectivity index (χ0) is 20.5. The minimum absolute atomic E-state index is 0.520. The monoisotopic (exact) mass is 405 g/mol. The predicted molar refractivity (Wildman–Crippen MR) is 129 cm³/mol.